The van der Waals surface area contributed by atoms with Crippen LogP contribution in [0.4, 0.5) is 0 Å². The quantitative estimate of drug-likeness (QED) is 0.656. The summed E-state index contributed by atoms with van der Waals surface area (Å²) in [5, 5.41) is 2.89. The summed E-state index contributed by atoms with van der Waals surface area (Å²) in [4.78, 5) is 11.1. The van der Waals surface area contributed by atoms with E-state index in [9.17, 15) is 4.79 Å². The van der Waals surface area contributed by atoms with Crippen LogP contribution < -0.4 is 11.1 Å². The molecule has 0 atom stereocenters. The van der Waals surface area contributed by atoms with Gasteiger partial charge in [-0.05, 0) is 11.8 Å². The average molecular weight is 186 g/mol. The molecule has 0 aliphatic rings. The number of carbonyl (C=O) groups is 1. The molecule has 0 bridgehead atoms. The lowest BCUT2D eigenvalue weighted by Gasteiger charge is -2.24. The van der Waals surface area contributed by atoms with Crippen molar-refractivity contribution in [2.45, 2.75) is 40.0 Å². The molecular formula is C10H22N2O. The molecular weight excluding hydrogens is 164 g/mol. The second kappa shape index (κ2) is 5.97. The van der Waals surface area contributed by atoms with Crippen LogP contribution in [0.5, 0.6) is 0 Å². The van der Waals surface area contributed by atoms with E-state index in [1.807, 2.05) is 0 Å². The molecule has 0 unspecified atom stereocenters. The summed E-state index contributed by atoms with van der Waals surface area (Å²) in [6.07, 6.45) is 2.72. The topological polar surface area (TPSA) is 55.1 Å². The Balaban J connectivity index is 3.67. The van der Waals surface area contributed by atoms with E-state index in [-0.39, 0.29) is 11.3 Å². The minimum Gasteiger partial charge on any atom is -0.356 e. The summed E-state index contributed by atoms with van der Waals surface area (Å²) in [6, 6.07) is 0. The predicted molar refractivity (Wildman–Crippen MR) is 55.4 cm³/mol. The molecule has 3 nitrogen and oxygen atoms in total. The fraction of sp³-hybridized carbons (Fsp3) is 0.900. The summed E-state index contributed by atoms with van der Waals surface area (Å²) in [5.41, 5.74) is 5.47. The van der Waals surface area contributed by atoms with Gasteiger partial charge in [-0.3, -0.25) is 4.79 Å². The Hall–Kier alpha value is -0.570. The molecule has 0 spiro atoms. The summed E-state index contributed by atoms with van der Waals surface area (Å²) in [5.74, 6) is 0.0617. The lowest BCUT2D eigenvalue weighted by Crippen LogP contribution is -2.34. The van der Waals surface area contributed by atoms with Crippen LogP contribution in [-0.4, -0.2) is 19.0 Å². The molecule has 0 fully saturated rings. The smallest absolute Gasteiger partial charge is 0.221 e. The van der Waals surface area contributed by atoms with Gasteiger partial charge in [0.15, 0.2) is 0 Å². The minimum atomic E-state index is 0.0617. The van der Waals surface area contributed by atoms with Crippen molar-refractivity contribution in [2.75, 3.05) is 13.1 Å². The molecule has 3 heteroatoms. The molecule has 0 radical (unpaired) electrons. The van der Waals surface area contributed by atoms with Gasteiger partial charge < -0.3 is 11.1 Å². The highest BCUT2D eigenvalue weighted by atomic mass is 16.1. The van der Waals surface area contributed by atoms with E-state index >= 15 is 0 Å². The van der Waals surface area contributed by atoms with Crippen molar-refractivity contribution in [3.8, 4) is 0 Å². The van der Waals surface area contributed by atoms with E-state index in [4.69, 9.17) is 5.73 Å². The van der Waals surface area contributed by atoms with Crippen LogP contribution in [0.25, 0.3) is 0 Å². The van der Waals surface area contributed by atoms with Gasteiger partial charge >= 0.3 is 0 Å². The van der Waals surface area contributed by atoms with Crippen LogP contribution in [-0.2, 0) is 4.79 Å². The Kier molecular flexibility index (Phi) is 5.71. The minimum absolute atomic E-state index is 0.0617. The molecule has 1 amide bonds. The Bertz CT molecular complexity index is 155. The molecule has 3 N–H and O–H groups in total. The third kappa shape index (κ3) is 6.58. The third-order valence-corrected chi connectivity index (χ3v) is 2.06. The van der Waals surface area contributed by atoms with Crippen molar-refractivity contribution < 1.29 is 4.79 Å². The van der Waals surface area contributed by atoms with Crippen molar-refractivity contribution in [1.82, 2.24) is 5.32 Å². The second-order valence-corrected chi connectivity index (χ2v) is 4.23. The molecule has 0 aromatic carbocycles. The van der Waals surface area contributed by atoms with Gasteiger partial charge in [0.05, 0.1) is 0 Å². The predicted octanol–water partition coefficient (Wildman–Crippen LogP) is 1.28. The molecule has 0 aromatic rings. The maximum atomic E-state index is 11.1. The molecule has 0 aliphatic heterocycles. The highest BCUT2D eigenvalue weighted by Gasteiger charge is 2.16. The first-order chi connectivity index (χ1) is 6.02. The lowest BCUT2D eigenvalue weighted by atomic mass is 9.88. The molecule has 0 saturated carbocycles. The molecule has 0 rings (SSSR count). The van der Waals surface area contributed by atoms with Crippen molar-refractivity contribution in [3.63, 3.8) is 0 Å². The highest BCUT2D eigenvalue weighted by molar-refractivity contribution is 5.76. The van der Waals surface area contributed by atoms with Gasteiger partial charge in [0.2, 0.25) is 5.91 Å². The molecule has 78 valence electrons. The zero-order chi connectivity index (χ0) is 10.3. The zero-order valence-corrected chi connectivity index (χ0v) is 9.02. The first-order valence-electron chi connectivity index (χ1n) is 4.98. The second-order valence-electron chi connectivity index (χ2n) is 4.23. The monoisotopic (exact) mass is 186 g/mol. The van der Waals surface area contributed by atoms with Gasteiger partial charge in [-0.2, -0.15) is 0 Å². The third-order valence-electron chi connectivity index (χ3n) is 2.06. The van der Waals surface area contributed by atoms with E-state index < -0.39 is 0 Å². The van der Waals surface area contributed by atoms with E-state index in [2.05, 4.69) is 26.1 Å². The van der Waals surface area contributed by atoms with Crippen LogP contribution in [0.15, 0.2) is 0 Å². The Morgan fingerprint density at radius 1 is 1.46 bits per heavy atom. The SMILES string of the molecule is CCCC(C)(C)CNC(=O)CCN. The Morgan fingerprint density at radius 3 is 2.54 bits per heavy atom. The number of hydrogen-bond donors (Lipinski definition) is 2. The van der Waals surface area contributed by atoms with Crippen LogP contribution in [0, 0.1) is 5.41 Å². The maximum Gasteiger partial charge on any atom is 0.221 e. The number of amides is 1. The van der Waals surface area contributed by atoms with Crippen LogP contribution in [0.1, 0.15) is 40.0 Å². The van der Waals surface area contributed by atoms with Crippen LogP contribution in [0.3, 0.4) is 0 Å². The van der Waals surface area contributed by atoms with Gasteiger partial charge in [0.25, 0.3) is 0 Å². The van der Waals surface area contributed by atoms with Gasteiger partial charge in [-0.25, -0.2) is 0 Å². The largest absolute Gasteiger partial charge is 0.356 e. The first-order valence-corrected chi connectivity index (χ1v) is 4.98. The van der Waals surface area contributed by atoms with Gasteiger partial charge in [0.1, 0.15) is 0 Å². The summed E-state index contributed by atoms with van der Waals surface area (Å²) >= 11 is 0. The van der Waals surface area contributed by atoms with E-state index in [0.29, 0.717) is 13.0 Å². The molecule has 13 heavy (non-hydrogen) atoms. The number of hydrogen-bond acceptors (Lipinski definition) is 2. The summed E-state index contributed by atoms with van der Waals surface area (Å²) in [6.45, 7) is 7.67. The first kappa shape index (κ1) is 12.4. The number of rotatable bonds is 6. The van der Waals surface area contributed by atoms with Crippen LogP contribution >= 0.6 is 0 Å². The summed E-state index contributed by atoms with van der Waals surface area (Å²) in [7, 11) is 0. The maximum absolute atomic E-state index is 11.1. The van der Waals surface area contributed by atoms with Crippen molar-refractivity contribution >= 4 is 5.91 Å². The lowest BCUT2D eigenvalue weighted by molar-refractivity contribution is -0.121. The standard InChI is InChI=1S/C10H22N2O/c1-4-6-10(2,3)8-12-9(13)5-7-11/h4-8,11H2,1-3H3,(H,12,13). The van der Waals surface area contributed by atoms with Crippen molar-refractivity contribution in [3.05, 3.63) is 0 Å². The summed E-state index contributed by atoms with van der Waals surface area (Å²) < 4.78 is 0. The Morgan fingerprint density at radius 2 is 2.08 bits per heavy atom. The van der Waals surface area contributed by atoms with Gasteiger partial charge in [-0.15, -0.1) is 0 Å². The highest BCUT2D eigenvalue weighted by Crippen LogP contribution is 2.20. The van der Waals surface area contributed by atoms with Crippen LogP contribution in [0.2, 0.25) is 0 Å². The molecule has 0 saturated heterocycles. The van der Waals surface area contributed by atoms with E-state index in [1.165, 1.54) is 0 Å². The fourth-order valence-corrected chi connectivity index (χ4v) is 1.32. The number of carbonyl (C=O) groups excluding carboxylic acids is 1. The Labute approximate surface area is 81.1 Å². The van der Waals surface area contributed by atoms with E-state index in [1.54, 1.807) is 0 Å². The average Bonchev–Trinajstić information content (AvgIpc) is 2.02. The number of nitrogens with one attached hydrogen (secondary N) is 1. The molecule has 0 heterocycles. The molecule has 0 aromatic heterocycles. The molecule has 0 aliphatic carbocycles. The normalized spacial score (nSPS) is 11.4. The van der Waals surface area contributed by atoms with Crippen molar-refractivity contribution in [1.29, 1.82) is 0 Å². The zero-order valence-electron chi connectivity index (χ0n) is 9.02. The van der Waals surface area contributed by atoms with Gasteiger partial charge in [0, 0.05) is 19.5 Å². The van der Waals surface area contributed by atoms with Crippen molar-refractivity contribution in [2.24, 2.45) is 11.1 Å². The fourth-order valence-electron chi connectivity index (χ4n) is 1.32. The number of nitrogens with two attached hydrogens (primary N) is 1. The van der Waals surface area contributed by atoms with Gasteiger partial charge in [-0.1, -0.05) is 27.2 Å². The van der Waals surface area contributed by atoms with E-state index in [0.717, 1.165) is 19.4 Å².